The molecule has 7 heteroatoms. The first kappa shape index (κ1) is 24.4. The van der Waals surface area contributed by atoms with E-state index < -0.39 is 5.91 Å². The maximum Gasteiger partial charge on any atom is 0.266 e. The molecule has 0 atom stereocenters. The summed E-state index contributed by atoms with van der Waals surface area (Å²) in [5.41, 5.74) is 3.21. The van der Waals surface area contributed by atoms with Crippen LogP contribution in [0.15, 0.2) is 66.2 Å². The molecular weight excluding hydrogens is 450 g/mol. The fourth-order valence-corrected chi connectivity index (χ4v) is 3.41. The molecule has 0 saturated heterocycles. The number of carbonyl (C=O) groups excluding carboxylic acids is 1. The Kier molecular flexibility index (Phi) is 8.29. The Morgan fingerprint density at radius 1 is 1.06 bits per heavy atom. The van der Waals surface area contributed by atoms with Gasteiger partial charge >= 0.3 is 0 Å². The van der Waals surface area contributed by atoms with E-state index in [-0.39, 0.29) is 12.2 Å². The van der Waals surface area contributed by atoms with Gasteiger partial charge in [0.1, 0.15) is 18.2 Å². The average Bonchev–Trinajstić information content (AvgIpc) is 2.84. The van der Waals surface area contributed by atoms with Gasteiger partial charge in [-0.15, -0.1) is 0 Å². The van der Waals surface area contributed by atoms with E-state index in [1.54, 1.807) is 48.5 Å². The molecule has 0 saturated carbocycles. The lowest BCUT2D eigenvalue weighted by atomic mass is 10.1. The fourth-order valence-electron chi connectivity index (χ4n) is 3.18. The first-order valence-corrected chi connectivity index (χ1v) is 10.9. The number of rotatable bonds is 8. The number of ether oxygens (including phenoxy) is 2. The molecule has 0 radical (unpaired) electrons. The standard InChI is InChI=1S/C27H22ClN3O3/c1-3-33-26-14-19(8-11-25(26)34-17-21-7-5-4-6-20(21)15-29)13-22(16-30)27(32)31-24-10-9-23(28)12-18(24)2/h4-14H,3,17H2,1-2H3,(H,31,32)/b22-13+. The van der Waals surface area contributed by atoms with E-state index in [1.807, 2.05) is 32.0 Å². The summed E-state index contributed by atoms with van der Waals surface area (Å²) < 4.78 is 11.6. The zero-order valence-corrected chi connectivity index (χ0v) is 19.5. The Bertz CT molecular complexity index is 1320. The molecule has 0 heterocycles. The highest BCUT2D eigenvalue weighted by atomic mass is 35.5. The van der Waals surface area contributed by atoms with E-state index in [0.717, 1.165) is 11.1 Å². The first-order chi connectivity index (χ1) is 16.4. The van der Waals surface area contributed by atoms with Crippen molar-refractivity contribution in [3.63, 3.8) is 0 Å². The number of aryl methyl sites for hydroxylation is 1. The van der Waals surface area contributed by atoms with E-state index in [4.69, 9.17) is 21.1 Å². The van der Waals surface area contributed by atoms with Crippen molar-refractivity contribution in [3.8, 4) is 23.6 Å². The third-order valence-electron chi connectivity index (χ3n) is 4.90. The van der Waals surface area contributed by atoms with Gasteiger partial charge in [-0.2, -0.15) is 10.5 Å². The first-order valence-electron chi connectivity index (χ1n) is 10.5. The average molecular weight is 472 g/mol. The monoisotopic (exact) mass is 471 g/mol. The van der Waals surface area contributed by atoms with Gasteiger partial charge in [0.2, 0.25) is 0 Å². The number of hydrogen-bond acceptors (Lipinski definition) is 5. The van der Waals surface area contributed by atoms with Crippen molar-refractivity contribution in [3.05, 3.63) is 93.5 Å². The Morgan fingerprint density at radius 2 is 1.85 bits per heavy atom. The minimum atomic E-state index is -0.528. The highest BCUT2D eigenvalue weighted by Gasteiger charge is 2.13. The zero-order valence-electron chi connectivity index (χ0n) is 18.8. The second-order valence-corrected chi connectivity index (χ2v) is 7.72. The summed E-state index contributed by atoms with van der Waals surface area (Å²) in [6.07, 6.45) is 1.48. The van der Waals surface area contributed by atoms with Gasteiger partial charge in [0, 0.05) is 16.3 Å². The van der Waals surface area contributed by atoms with E-state index in [2.05, 4.69) is 11.4 Å². The van der Waals surface area contributed by atoms with Crippen molar-refractivity contribution in [1.29, 1.82) is 10.5 Å². The number of nitrogens with one attached hydrogen (secondary N) is 1. The molecular formula is C27H22ClN3O3. The van der Waals surface area contributed by atoms with Gasteiger partial charge in [-0.05, 0) is 67.4 Å². The maximum atomic E-state index is 12.7. The molecule has 0 spiro atoms. The maximum absolute atomic E-state index is 12.7. The lowest BCUT2D eigenvalue weighted by Gasteiger charge is -2.13. The number of benzene rings is 3. The number of hydrogen-bond donors (Lipinski definition) is 1. The van der Waals surface area contributed by atoms with E-state index in [9.17, 15) is 15.3 Å². The summed E-state index contributed by atoms with van der Waals surface area (Å²) in [6.45, 7) is 4.27. The van der Waals surface area contributed by atoms with Gasteiger partial charge in [0.05, 0.1) is 18.2 Å². The predicted octanol–water partition coefficient (Wildman–Crippen LogP) is 6.04. The number of anilines is 1. The smallest absolute Gasteiger partial charge is 0.266 e. The molecule has 0 bridgehead atoms. The minimum Gasteiger partial charge on any atom is -0.490 e. The zero-order chi connectivity index (χ0) is 24.5. The molecule has 0 fully saturated rings. The fraction of sp³-hybridized carbons (Fsp3) is 0.148. The van der Waals surface area contributed by atoms with Crippen LogP contribution in [-0.4, -0.2) is 12.5 Å². The van der Waals surface area contributed by atoms with Crippen LogP contribution in [0.5, 0.6) is 11.5 Å². The lowest BCUT2D eigenvalue weighted by molar-refractivity contribution is -0.112. The Balaban J connectivity index is 1.81. The van der Waals surface area contributed by atoms with Gasteiger partial charge in [0.15, 0.2) is 11.5 Å². The summed E-state index contributed by atoms with van der Waals surface area (Å²) in [6, 6.07) is 21.5. The summed E-state index contributed by atoms with van der Waals surface area (Å²) in [4.78, 5) is 12.7. The molecule has 3 rings (SSSR count). The van der Waals surface area contributed by atoms with Crippen molar-refractivity contribution in [2.75, 3.05) is 11.9 Å². The van der Waals surface area contributed by atoms with Crippen molar-refractivity contribution in [2.45, 2.75) is 20.5 Å². The normalized spacial score (nSPS) is 10.7. The van der Waals surface area contributed by atoms with Crippen LogP contribution in [0.1, 0.15) is 29.2 Å². The van der Waals surface area contributed by atoms with Crippen LogP contribution in [0.3, 0.4) is 0 Å². The molecule has 0 aliphatic carbocycles. The van der Waals surface area contributed by atoms with E-state index in [0.29, 0.717) is 39.9 Å². The Hall–Kier alpha value is -4.26. The number of amides is 1. The second kappa shape index (κ2) is 11.6. The topological polar surface area (TPSA) is 95.1 Å². The number of carbonyl (C=O) groups is 1. The van der Waals surface area contributed by atoms with Crippen molar-refractivity contribution in [2.24, 2.45) is 0 Å². The van der Waals surface area contributed by atoms with Gasteiger partial charge in [-0.25, -0.2) is 0 Å². The van der Waals surface area contributed by atoms with Crippen LogP contribution in [0.25, 0.3) is 6.08 Å². The molecule has 0 aromatic heterocycles. The molecule has 0 unspecified atom stereocenters. The van der Waals surface area contributed by atoms with Gasteiger partial charge in [-0.1, -0.05) is 35.9 Å². The summed E-state index contributed by atoms with van der Waals surface area (Å²) in [7, 11) is 0. The molecule has 1 N–H and O–H groups in total. The van der Waals surface area contributed by atoms with Crippen LogP contribution in [0.4, 0.5) is 5.69 Å². The summed E-state index contributed by atoms with van der Waals surface area (Å²) in [5.74, 6) is 0.433. The molecule has 1 amide bonds. The van der Waals surface area contributed by atoms with E-state index >= 15 is 0 Å². The highest BCUT2D eigenvalue weighted by molar-refractivity contribution is 6.30. The van der Waals surface area contributed by atoms with Crippen LogP contribution in [-0.2, 0) is 11.4 Å². The molecule has 3 aromatic carbocycles. The van der Waals surface area contributed by atoms with Crippen LogP contribution in [0.2, 0.25) is 5.02 Å². The molecule has 170 valence electrons. The van der Waals surface area contributed by atoms with Gasteiger partial charge < -0.3 is 14.8 Å². The van der Waals surface area contributed by atoms with Crippen molar-refractivity contribution in [1.82, 2.24) is 0 Å². The largest absolute Gasteiger partial charge is 0.490 e. The minimum absolute atomic E-state index is 0.0617. The van der Waals surface area contributed by atoms with Gasteiger partial charge in [0.25, 0.3) is 5.91 Å². The molecule has 0 aliphatic heterocycles. The quantitative estimate of drug-likeness (QED) is 0.319. The number of nitrogens with zero attached hydrogens (tertiary/aromatic N) is 2. The Labute approximate surface area is 203 Å². The number of halogens is 1. The molecule has 3 aromatic rings. The third kappa shape index (κ3) is 6.16. The lowest BCUT2D eigenvalue weighted by Crippen LogP contribution is -2.14. The molecule has 34 heavy (non-hydrogen) atoms. The second-order valence-electron chi connectivity index (χ2n) is 7.28. The predicted molar refractivity (Wildman–Crippen MR) is 132 cm³/mol. The highest BCUT2D eigenvalue weighted by Crippen LogP contribution is 2.30. The summed E-state index contributed by atoms with van der Waals surface area (Å²) in [5, 5.41) is 22.1. The van der Waals surface area contributed by atoms with Crippen LogP contribution < -0.4 is 14.8 Å². The molecule has 6 nitrogen and oxygen atoms in total. The molecule has 0 aliphatic rings. The summed E-state index contributed by atoms with van der Waals surface area (Å²) >= 11 is 5.96. The van der Waals surface area contributed by atoms with Crippen molar-refractivity contribution < 1.29 is 14.3 Å². The Morgan fingerprint density at radius 3 is 2.56 bits per heavy atom. The van der Waals surface area contributed by atoms with E-state index in [1.165, 1.54) is 6.08 Å². The van der Waals surface area contributed by atoms with Crippen LogP contribution in [0, 0.1) is 29.6 Å². The van der Waals surface area contributed by atoms with Crippen molar-refractivity contribution >= 4 is 29.3 Å². The number of nitriles is 2. The SMILES string of the molecule is CCOc1cc(/C=C(\C#N)C(=O)Nc2ccc(Cl)cc2C)ccc1OCc1ccccc1C#N. The van der Waals surface area contributed by atoms with Gasteiger partial charge in [-0.3, -0.25) is 4.79 Å². The third-order valence-corrected chi connectivity index (χ3v) is 5.14. The van der Waals surface area contributed by atoms with Crippen LogP contribution >= 0.6 is 11.6 Å².